The first-order chi connectivity index (χ1) is 3.00. The molecule has 0 spiro atoms. The van der Waals surface area contributed by atoms with E-state index in [1.54, 1.807) is 0 Å². The molecule has 1 rings (SSSR count). The summed E-state index contributed by atoms with van der Waals surface area (Å²) in [5.74, 6) is 0. The Labute approximate surface area is 42.4 Å². The molecule has 1 saturated heterocycles. The zero-order valence-electron chi connectivity index (χ0n) is 3.91. The van der Waals surface area contributed by atoms with Crippen LogP contribution >= 0.6 is 0 Å². The lowest BCUT2D eigenvalue weighted by atomic mass is 9.72. The molecule has 0 N–H and O–H groups in total. The van der Waals surface area contributed by atoms with E-state index in [4.69, 9.17) is 0 Å². The van der Waals surface area contributed by atoms with Gasteiger partial charge in [-0.05, 0) is 0 Å². The van der Waals surface area contributed by atoms with Crippen LogP contribution < -0.4 is 0 Å². The molecular weight excluding hydrogens is 86.9 g/mol. The van der Waals surface area contributed by atoms with Crippen LogP contribution in [0.15, 0.2) is 0 Å². The van der Waals surface area contributed by atoms with Crippen LogP contribution in [-0.4, -0.2) is 16.8 Å². The summed E-state index contributed by atoms with van der Waals surface area (Å²) in [6, 6.07) is 2.94. The topological polar surface area (TPSA) is 0 Å². The van der Waals surface area contributed by atoms with Crippen LogP contribution in [0.5, 0.6) is 0 Å². The van der Waals surface area contributed by atoms with Crippen molar-refractivity contribution in [3.05, 3.63) is 0 Å². The van der Waals surface area contributed by atoms with Crippen molar-refractivity contribution in [2.75, 3.05) is 0 Å². The lowest BCUT2D eigenvalue weighted by Gasteiger charge is -2.03. The minimum absolute atomic E-state index is 1.27. The Bertz CT molecular complexity index is 23.0. The predicted octanol–water partition coefficient (Wildman–Crippen LogP) is 1.08. The average molecular weight is 95.0 g/mol. The minimum Gasteiger partial charge on any atom is -0.0830 e. The van der Waals surface area contributed by atoms with Crippen LogP contribution in [0.2, 0.25) is 24.7 Å². The third kappa shape index (κ3) is 1.17. The third-order valence-electron chi connectivity index (χ3n) is 1.05. The van der Waals surface area contributed by atoms with Crippen LogP contribution in [0.3, 0.4) is 0 Å². The molecule has 1 aliphatic heterocycles. The molecule has 0 saturated carbocycles. The molecule has 6 heavy (non-hydrogen) atoms. The van der Waals surface area contributed by atoms with E-state index >= 15 is 0 Å². The van der Waals surface area contributed by atoms with Gasteiger partial charge in [0.05, 0.1) is 0 Å². The van der Waals surface area contributed by atoms with Gasteiger partial charge in [-0.25, -0.2) is 0 Å². The van der Waals surface area contributed by atoms with Crippen molar-refractivity contribution in [1.29, 1.82) is 0 Å². The second-order valence-electron chi connectivity index (χ2n) is 1.62. The molecule has 0 amide bonds. The van der Waals surface area contributed by atoms with Crippen molar-refractivity contribution in [1.82, 2.24) is 0 Å². The van der Waals surface area contributed by atoms with Crippen LogP contribution in [-0.2, 0) is 0 Å². The zero-order chi connectivity index (χ0) is 4.24. The molecule has 1 aliphatic rings. The summed E-state index contributed by atoms with van der Waals surface area (Å²) in [5, 5.41) is 0. The summed E-state index contributed by atoms with van der Waals surface area (Å²) >= 11 is 0. The van der Waals surface area contributed by atoms with E-state index in [2.05, 4.69) is 7.28 Å². The smallest absolute Gasteiger partial charge is 0.0830 e. The maximum absolute atomic E-state index is 2.40. The Balaban J connectivity index is 2.00. The number of hydrogen-bond donors (Lipinski definition) is 0. The fourth-order valence-electron chi connectivity index (χ4n) is 0.678. The molecule has 1 fully saturated rings. The van der Waals surface area contributed by atoms with Crippen molar-refractivity contribution >= 4 is 16.8 Å². The van der Waals surface area contributed by atoms with Crippen LogP contribution in [0.25, 0.3) is 0 Å². The van der Waals surface area contributed by atoms with Gasteiger partial charge in [0.15, 0.2) is 0 Å². The van der Waals surface area contributed by atoms with Gasteiger partial charge in [-0.15, -0.1) is 0 Å². The van der Waals surface area contributed by atoms with E-state index in [0.717, 1.165) is 0 Å². The van der Waals surface area contributed by atoms with Crippen molar-refractivity contribution in [3.8, 4) is 0 Å². The number of rotatable bonds is 0. The van der Waals surface area contributed by atoms with Gasteiger partial charge in [0.25, 0.3) is 0 Å². The molecule has 0 unspecified atom stereocenters. The van der Waals surface area contributed by atoms with Gasteiger partial charge in [-0.2, -0.15) is 0 Å². The van der Waals surface area contributed by atoms with E-state index in [1.807, 2.05) is 0 Å². The van der Waals surface area contributed by atoms with Gasteiger partial charge in [0, 0.05) is 9.52 Å². The molecule has 0 bridgehead atoms. The van der Waals surface area contributed by atoms with Crippen molar-refractivity contribution in [2.45, 2.75) is 24.7 Å². The highest BCUT2D eigenvalue weighted by Gasteiger charge is 1.98. The quantitative estimate of drug-likeness (QED) is 0.395. The predicted molar refractivity (Wildman–Crippen MR) is 30.7 cm³/mol. The van der Waals surface area contributed by atoms with E-state index in [-0.39, 0.29) is 0 Å². The summed E-state index contributed by atoms with van der Waals surface area (Å²) in [4.78, 5) is 0. The van der Waals surface area contributed by atoms with Gasteiger partial charge in [-0.1, -0.05) is 24.7 Å². The summed E-state index contributed by atoms with van der Waals surface area (Å²) in [7, 11) is 3.67. The standard InChI is InChI=1S/C4H8BSi/c1-3-6-4-2-5-1/h1-4H2. The maximum atomic E-state index is 2.40. The lowest BCUT2D eigenvalue weighted by Crippen LogP contribution is -2.01. The van der Waals surface area contributed by atoms with Gasteiger partial charge in [0.2, 0.25) is 0 Å². The first-order valence-electron chi connectivity index (χ1n) is 2.52. The molecule has 0 nitrogen and oxygen atoms in total. The second-order valence-corrected chi connectivity index (χ2v) is 3.12. The first kappa shape index (κ1) is 4.44. The average Bonchev–Trinajstić information content (AvgIpc) is 1.72. The monoisotopic (exact) mass is 95.0 g/mol. The number of hydrogen-bond acceptors (Lipinski definition) is 0. The normalized spacial score (nSPS) is 22.7. The highest BCUT2D eigenvalue weighted by atomic mass is 28.2. The van der Waals surface area contributed by atoms with Crippen molar-refractivity contribution in [2.24, 2.45) is 0 Å². The maximum Gasteiger partial charge on any atom is 0.108 e. The van der Waals surface area contributed by atoms with Gasteiger partial charge >= 0.3 is 0 Å². The molecule has 0 aromatic carbocycles. The van der Waals surface area contributed by atoms with Gasteiger partial charge in [0.1, 0.15) is 7.28 Å². The summed E-state index contributed by atoms with van der Waals surface area (Å²) < 4.78 is 0. The largest absolute Gasteiger partial charge is 0.108 e. The molecular formula is C4H8BSi. The Morgan fingerprint density at radius 3 is 2.00 bits per heavy atom. The Kier molecular flexibility index (Phi) is 1.82. The Hall–Kier alpha value is 0.282. The van der Waals surface area contributed by atoms with E-state index in [0.29, 0.717) is 0 Å². The van der Waals surface area contributed by atoms with Crippen LogP contribution in [0.1, 0.15) is 0 Å². The highest BCUT2D eigenvalue weighted by molar-refractivity contribution is 6.48. The minimum atomic E-state index is 1.27. The SMILES string of the molecule is [B]1CC[Si]CC1. The molecule has 0 aromatic heterocycles. The highest BCUT2D eigenvalue weighted by Crippen LogP contribution is 2.04. The van der Waals surface area contributed by atoms with E-state index < -0.39 is 0 Å². The Morgan fingerprint density at radius 1 is 1.17 bits per heavy atom. The summed E-state index contributed by atoms with van der Waals surface area (Å²) in [5.41, 5.74) is 0. The molecule has 1 heterocycles. The molecule has 2 heteroatoms. The van der Waals surface area contributed by atoms with Crippen LogP contribution in [0.4, 0.5) is 0 Å². The Morgan fingerprint density at radius 2 is 1.83 bits per heavy atom. The summed E-state index contributed by atoms with van der Waals surface area (Å²) in [6.07, 6.45) is 2.77. The first-order valence-corrected chi connectivity index (χ1v) is 3.94. The summed E-state index contributed by atoms with van der Waals surface area (Å²) in [6.45, 7) is 0. The molecule has 31 valence electrons. The van der Waals surface area contributed by atoms with Crippen molar-refractivity contribution < 1.29 is 0 Å². The second kappa shape index (κ2) is 2.45. The fraction of sp³-hybridized carbons (Fsp3) is 1.00. The van der Waals surface area contributed by atoms with Gasteiger partial charge in [-0.3, -0.25) is 0 Å². The van der Waals surface area contributed by atoms with E-state index in [1.165, 1.54) is 34.2 Å². The zero-order valence-corrected chi connectivity index (χ0v) is 4.91. The fourth-order valence-corrected chi connectivity index (χ4v) is 1.74. The molecule has 0 atom stereocenters. The van der Waals surface area contributed by atoms with Gasteiger partial charge < -0.3 is 0 Å². The van der Waals surface area contributed by atoms with Crippen LogP contribution in [0, 0.1) is 0 Å². The third-order valence-corrected chi connectivity index (χ3v) is 2.33. The van der Waals surface area contributed by atoms with E-state index in [9.17, 15) is 0 Å². The van der Waals surface area contributed by atoms with Crippen molar-refractivity contribution in [3.63, 3.8) is 0 Å². The molecule has 0 aromatic rings. The molecule has 3 radical (unpaired) electrons. The molecule has 0 aliphatic carbocycles. The lowest BCUT2D eigenvalue weighted by molar-refractivity contribution is 1.25.